The van der Waals surface area contributed by atoms with Crippen molar-refractivity contribution < 1.29 is 5.11 Å². The van der Waals surface area contributed by atoms with Gasteiger partial charge in [0.05, 0.1) is 0 Å². The van der Waals surface area contributed by atoms with Crippen molar-refractivity contribution in [2.45, 2.75) is 52.2 Å². The molecule has 0 aliphatic rings. The summed E-state index contributed by atoms with van der Waals surface area (Å²) in [5.74, 6) is 1.18. The van der Waals surface area contributed by atoms with Crippen LogP contribution in [-0.2, 0) is 12.8 Å². The Kier molecular flexibility index (Phi) is 10.5. The van der Waals surface area contributed by atoms with Gasteiger partial charge in [0.15, 0.2) is 0 Å². The average molecular weight is 345 g/mol. The first-order valence-electron chi connectivity index (χ1n) is 8.97. The van der Waals surface area contributed by atoms with Crippen molar-refractivity contribution >= 4 is 11.8 Å². The molecule has 0 bridgehead atoms. The topological polar surface area (TPSA) is 20.2 Å². The normalized spacial score (nSPS) is 11.5. The van der Waals surface area contributed by atoms with Crippen LogP contribution in [-0.4, -0.2) is 17.5 Å². The fraction of sp³-hybridized carbons (Fsp3) is 0.455. The molecule has 2 aromatic rings. The maximum Gasteiger partial charge on any atom is 0.0428 e. The van der Waals surface area contributed by atoms with Gasteiger partial charge in [0.1, 0.15) is 0 Å². The molecule has 0 spiro atoms. The number of benzene rings is 2. The largest absolute Gasteiger partial charge is 0.396 e. The minimum absolute atomic E-state index is 0.319. The third-order valence-electron chi connectivity index (χ3n) is 3.88. The van der Waals surface area contributed by atoms with E-state index in [0.29, 0.717) is 11.9 Å². The van der Waals surface area contributed by atoms with Gasteiger partial charge in [-0.2, -0.15) is 11.8 Å². The van der Waals surface area contributed by atoms with Crippen molar-refractivity contribution in [3.05, 3.63) is 70.8 Å². The Hall–Kier alpha value is -1.25. The van der Waals surface area contributed by atoms with Crippen LogP contribution in [0.3, 0.4) is 0 Å². The quantitative estimate of drug-likeness (QED) is 0.666. The minimum Gasteiger partial charge on any atom is -0.396 e. The molecule has 0 aromatic heterocycles. The van der Waals surface area contributed by atoms with Crippen molar-refractivity contribution in [3.63, 3.8) is 0 Å². The predicted molar refractivity (Wildman–Crippen MR) is 109 cm³/mol. The van der Waals surface area contributed by atoms with E-state index in [1.807, 2.05) is 18.7 Å². The molecule has 1 N–H and O–H groups in total. The highest BCUT2D eigenvalue weighted by molar-refractivity contribution is 7.99. The summed E-state index contributed by atoms with van der Waals surface area (Å²) < 4.78 is 0. The van der Waals surface area contributed by atoms with E-state index in [1.54, 1.807) is 0 Å². The van der Waals surface area contributed by atoms with Gasteiger partial charge in [0.2, 0.25) is 0 Å². The molecule has 0 aliphatic carbocycles. The van der Waals surface area contributed by atoms with Crippen LogP contribution in [0.15, 0.2) is 48.5 Å². The Morgan fingerprint density at radius 1 is 0.958 bits per heavy atom. The van der Waals surface area contributed by atoms with E-state index in [4.69, 9.17) is 5.11 Å². The molecule has 1 atom stereocenters. The first-order chi connectivity index (χ1) is 11.6. The molecular formula is C22H32OS. The van der Waals surface area contributed by atoms with E-state index < -0.39 is 0 Å². The molecule has 1 nitrogen and oxygen atoms in total. The van der Waals surface area contributed by atoms with Crippen LogP contribution in [0.4, 0.5) is 0 Å². The van der Waals surface area contributed by atoms with Gasteiger partial charge < -0.3 is 5.11 Å². The van der Waals surface area contributed by atoms with Crippen LogP contribution in [0, 0.1) is 6.92 Å². The summed E-state index contributed by atoms with van der Waals surface area (Å²) in [7, 11) is 0. The summed E-state index contributed by atoms with van der Waals surface area (Å²) >= 11 is 2.01. The van der Waals surface area contributed by atoms with Crippen molar-refractivity contribution in [1.82, 2.24) is 0 Å². The zero-order chi connectivity index (χ0) is 17.8. The van der Waals surface area contributed by atoms with E-state index in [2.05, 4.69) is 69.3 Å². The zero-order valence-corrected chi connectivity index (χ0v) is 16.4. The number of hydrogen-bond donors (Lipinski definition) is 1. The summed E-state index contributed by atoms with van der Waals surface area (Å²) in [4.78, 5) is 0. The molecule has 2 rings (SSSR count). The Morgan fingerprint density at radius 2 is 1.58 bits per heavy atom. The molecule has 0 radical (unpaired) electrons. The summed E-state index contributed by atoms with van der Waals surface area (Å²) in [5, 5.41) is 8.47. The van der Waals surface area contributed by atoms with Crippen LogP contribution in [0.5, 0.6) is 0 Å². The fourth-order valence-corrected chi connectivity index (χ4v) is 3.23. The lowest BCUT2D eigenvalue weighted by molar-refractivity contribution is 0.295. The van der Waals surface area contributed by atoms with Crippen LogP contribution < -0.4 is 0 Å². The number of aryl methyl sites for hydroxylation is 3. The first-order valence-corrected chi connectivity index (χ1v) is 10.0. The molecule has 0 saturated carbocycles. The van der Waals surface area contributed by atoms with Gasteiger partial charge in [-0.15, -0.1) is 0 Å². The van der Waals surface area contributed by atoms with Gasteiger partial charge >= 0.3 is 0 Å². The summed E-state index contributed by atoms with van der Waals surface area (Å²) in [5.41, 5.74) is 5.67. The number of thioether (sulfide) groups is 1. The molecule has 0 amide bonds. The van der Waals surface area contributed by atoms with E-state index >= 15 is 0 Å². The van der Waals surface area contributed by atoms with Gasteiger partial charge in [-0.1, -0.05) is 67.9 Å². The number of aliphatic hydroxyl groups excluding tert-OH is 1. The highest BCUT2D eigenvalue weighted by Gasteiger charge is 2.05. The van der Waals surface area contributed by atoms with E-state index in [1.165, 1.54) is 28.0 Å². The summed E-state index contributed by atoms with van der Waals surface area (Å²) in [6.45, 7) is 8.91. The Balaban J connectivity index is 0.000000648. The number of aliphatic hydroxyl groups is 1. The molecule has 2 aromatic carbocycles. The SMILES string of the molecule is CCCO.CCSC(C)c1cccc(CCc2ccc(C)cc2)c1. The van der Waals surface area contributed by atoms with E-state index in [9.17, 15) is 0 Å². The predicted octanol–water partition coefficient (Wildman–Crippen LogP) is 5.98. The molecule has 1 unspecified atom stereocenters. The van der Waals surface area contributed by atoms with Gasteiger partial charge in [-0.25, -0.2) is 0 Å². The van der Waals surface area contributed by atoms with Crippen molar-refractivity contribution in [1.29, 1.82) is 0 Å². The lowest BCUT2D eigenvalue weighted by Crippen LogP contribution is -1.95. The maximum absolute atomic E-state index is 7.88. The Morgan fingerprint density at radius 3 is 2.17 bits per heavy atom. The highest BCUT2D eigenvalue weighted by Crippen LogP contribution is 2.28. The van der Waals surface area contributed by atoms with Gasteiger partial charge in [-0.3, -0.25) is 0 Å². The Bertz CT molecular complexity index is 560. The smallest absolute Gasteiger partial charge is 0.0428 e. The highest BCUT2D eigenvalue weighted by atomic mass is 32.2. The Labute approximate surface area is 152 Å². The van der Waals surface area contributed by atoms with E-state index in [-0.39, 0.29) is 0 Å². The van der Waals surface area contributed by atoms with Crippen LogP contribution >= 0.6 is 11.8 Å². The van der Waals surface area contributed by atoms with Crippen LogP contribution in [0.25, 0.3) is 0 Å². The zero-order valence-electron chi connectivity index (χ0n) is 15.6. The lowest BCUT2D eigenvalue weighted by atomic mass is 10.0. The summed E-state index contributed by atoms with van der Waals surface area (Å²) in [6.07, 6.45) is 3.12. The fourth-order valence-electron chi connectivity index (χ4n) is 2.39. The van der Waals surface area contributed by atoms with Crippen molar-refractivity contribution in [2.75, 3.05) is 12.4 Å². The summed E-state index contributed by atoms with van der Waals surface area (Å²) in [6, 6.07) is 18.0. The third-order valence-corrected chi connectivity index (χ3v) is 4.99. The van der Waals surface area contributed by atoms with Gasteiger partial charge in [0, 0.05) is 11.9 Å². The van der Waals surface area contributed by atoms with Crippen molar-refractivity contribution in [2.24, 2.45) is 0 Å². The first kappa shape index (κ1) is 20.8. The second-order valence-electron chi connectivity index (χ2n) is 6.05. The second-order valence-corrected chi connectivity index (χ2v) is 7.67. The third kappa shape index (κ3) is 8.03. The molecular weight excluding hydrogens is 312 g/mol. The maximum atomic E-state index is 7.88. The molecule has 0 aliphatic heterocycles. The lowest BCUT2D eigenvalue weighted by Gasteiger charge is -2.12. The molecule has 0 fully saturated rings. The van der Waals surface area contributed by atoms with E-state index in [0.717, 1.165) is 19.3 Å². The monoisotopic (exact) mass is 344 g/mol. The molecule has 0 heterocycles. The van der Waals surface area contributed by atoms with Gasteiger partial charge in [-0.05, 0) is 55.6 Å². The molecule has 0 saturated heterocycles. The van der Waals surface area contributed by atoms with Crippen LogP contribution in [0.2, 0.25) is 0 Å². The van der Waals surface area contributed by atoms with Crippen LogP contribution in [0.1, 0.15) is 54.7 Å². The standard InChI is InChI=1S/C19H24S.C3H8O/c1-4-20-16(3)19-7-5-6-18(14-19)13-12-17-10-8-15(2)9-11-17;1-2-3-4/h5-11,14,16H,4,12-13H2,1-3H3;4H,2-3H2,1H3. The van der Waals surface area contributed by atoms with Crippen molar-refractivity contribution in [3.8, 4) is 0 Å². The van der Waals surface area contributed by atoms with Gasteiger partial charge in [0.25, 0.3) is 0 Å². The number of rotatable bonds is 7. The minimum atomic E-state index is 0.319. The number of hydrogen-bond acceptors (Lipinski definition) is 2. The molecule has 2 heteroatoms. The average Bonchev–Trinajstić information content (AvgIpc) is 2.62. The molecule has 132 valence electrons. The second kappa shape index (κ2) is 12.2. The molecule has 24 heavy (non-hydrogen) atoms.